The SMILES string of the molecule is CCc1ccc(Cn2nccc2NC(=O)c2cc(S(=O)(=O)N3CCOCC3)ccc2OC)cc1. The van der Waals surface area contributed by atoms with Crippen LogP contribution in [-0.4, -0.2) is 61.8 Å². The number of anilines is 1. The number of morpholine rings is 1. The zero-order valence-corrected chi connectivity index (χ0v) is 20.0. The standard InChI is InChI=1S/C24H28N4O5S/c1-3-18-4-6-19(7-5-18)17-28-23(10-11-25-28)26-24(29)21-16-20(8-9-22(21)32-2)34(30,31)27-12-14-33-15-13-27/h4-11,16H,3,12-15,17H2,1-2H3,(H,26,29). The summed E-state index contributed by atoms with van der Waals surface area (Å²) >= 11 is 0. The largest absolute Gasteiger partial charge is 0.496 e. The lowest BCUT2D eigenvalue weighted by atomic mass is 10.1. The van der Waals surface area contributed by atoms with Gasteiger partial charge in [-0.2, -0.15) is 9.40 Å². The number of carbonyl (C=O) groups is 1. The number of rotatable bonds is 8. The van der Waals surface area contributed by atoms with E-state index in [1.165, 1.54) is 35.2 Å². The van der Waals surface area contributed by atoms with E-state index in [2.05, 4.69) is 29.5 Å². The fourth-order valence-electron chi connectivity index (χ4n) is 3.76. The fraction of sp³-hybridized carbons (Fsp3) is 0.333. The average molecular weight is 485 g/mol. The molecule has 0 atom stereocenters. The quantitative estimate of drug-likeness (QED) is 0.528. The molecule has 3 aromatic rings. The Kier molecular flexibility index (Phi) is 7.30. The van der Waals surface area contributed by atoms with Crippen molar-refractivity contribution in [3.63, 3.8) is 0 Å². The number of aromatic nitrogens is 2. The summed E-state index contributed by atoms with van der Waals surface area (Å²) in [5, 5.41) is 7.15. The number of ether oxygens (including phenoxy) is 2. The molecule has 1 aliphatic heterocycles. The maximum atomic E-state index is 13.2. The first-order valence-corrected chi connectivity index (χ1v) is 12.5. The number of nitrogens with one attached hydrogen (secondary N) is 1. The van der Waals surface area contributed by atoms with Crippen molar-refractivity contribution in [3.8, 4) is 5.75 Å². The van der Waals surface area contributed by atoms with E-state index in [-0.39, 0.29) is 29.3 Å². The first kappa shape index (κ1) is 23.9. The molecule has 10 heteroatoms. The Morgan fingerprint density at radius 2 is 1.79 bits per heavy atom. The van der Waals surface area contributed by atoms with Gasteiger partial charge in [0.15, 0.2) is 0 Å². The minimum Gasteiger partial charge on any atom is -0.496 e. The van der Waals surface area contributed by atoms with Crippen LogP contribution in [0.5, 0.6) is 5.75 Å². The third-order valence-corrected chi connectivity index (χ3v) is 7.64. The molecule has 34 heavy (non-hydrogen) atoms. The van der Waals surface area contributed by atoms with E-state index in [0.717, 1.165) is 12.0 Å². The molecule has 2 aromatic carbocycles. The topological polar surface area (TPSA) is 103 Å². The molecule has 1 fully saturated rings. The maximum Gasteiger partial charge on any atom is 0.260 e. The molecule has 2 heterocycles. The molecule has 1 aromatic heterocycles. The Morgan fingerprint density at radius 3 is 2.47 bits per heavy atom. The number of nitrogens with zero attached hydrogens (tertiary/aromatic N) is 3. The van der Waals surface area contributed by atoms with Crippen molar-refractivity contribution in [3.05, 3.63) is 71.4 Å². The number of sulfonamides is 1. The van der Waals surface area contributed by atoms with Gasteiger partial charge < -0.3 is 14.8 Å². The third-order valence-electron chi connectivity index (χ3n) is 5.75. The molecule has 0 saturated carbocycles. The van der Waals surface area contributed by atoms with E-state index in [1.807, 2.05) is 12.1 Å². The molecule has 0 aliphatic carbocycles. The molecule has 1 aliphatic rings. The van der Waals surface area contributed by atoms with Crippen LogP contribution >= 0.6 is 0 Å². The zero-order valence-electron chi connectivity index (χ0n) is 19.2. The Bertz CT molecular complexity index is 1250. The number of carbonyl (C=O) groups excluding carboxylic acids is 1. The number of benzene rings is 2. The molecule has 1 amide bonds. The van der Waals surface area contributed by atoms with Crippen LogP contribution in [0.15, 0.2) is 59.6 Å². The van der Waals surface area contributed by atoms with Gasteiger partial charge in [0.1, 0.15) is 11.6 Å². The zero-order chi connectivity index (χ0) is 24.1. The summed E-state index contributed by atoms with van der Waals surface area (Å²) in [5.41, 5.74) is 2.42. The third kappa shape index (κ3) is 5.14. The molecular weight excluding hydrogens is 456 g/mol. The van der Waals surface area contributed by atoms with Gasteiger partial charge in [0.2, 0.25) is 10.0 Å². The fourth-order valence-corrected chi connectivity index (χ4v) is 5.20. The van der Waals surface area contributed by atoms with Crippen LogP contribution in [-0.2, 0) is 27.7 Å². The van der Waals surface area contributed by atoms with Crippen molar-refractivity contribution in [2.45, 2.75) is 24.8 Å². The van der Waals surface area contributed by atoms with Crippen molar-refractivity contribution in [1.82, 2.24) is 14.1 Å². The second kappa shape index (κ2) is 10.4. The lowest BCUT2D eigenvalue weighted by molar-refractivity contribution is 0.0730. The summed E-state index contributed by atoms with van der Waals surface area (Å²) in [7, 11) is -2.32. The lowest BCUT2D eigenvalue weighted by Crippen LogP contribution is -2.40. The highest BCUT2D eigenvalue weighted by atomic mass is 32.2. The highest BCUT2D eigenvalue weighted by Gasteiger charge is 2.28. The molecule has 4 rings (SSSR count). The monoisotopic (exact) mass is 484 g/mol. The van der Waals surface area contributed by atoms with Gasteiger partial charge in [0.25, 0.3) is 5.91 Å². The van der Waals surface area contributed by atoms with Crippen LogP contribution in [0.3, 0.4) is 0 Å². The van der Waals surface area contributed by atoms with E-state index in [1.54, 1.807) is 16.9 Å². The Labute approximate surface area is 199 Å². The van der Waals surface area contributed by atoms with Crippen molar-refractivity contribution in [2.24, 2.45) is 0 Å². The first-order valence-electron chi connectivity index (χ1n) is 11.1. The van der Waals surface area contributed by atoms with E-state index in [9.17, 15) is 13.2 Å². The van der Waals surface area contributed by atoms with Gasteiger partial charge in [0.05, 0.1) is 43.5 Å². The Morgan fingerprint density at radius 1 is 1.09 bits per heavy atom. The second-order valence-electron chi connectivity index (χ2n) is 7.88. The van der Waals surface area contributed by atoms with Crippen LogP contribution in [0.1, 0.15) is 28.4 Å². The van der Waals surface area contributed by atoms with Gasteiger partial charge in [-0.3, -0.25) is 4.79 Å². The Hall–Kier alpha value is -3.21. The summed E-state index contributed by atoms with van der Waals surface area (Å²) in [4.78, 5) is 13.2. The molecule has 0 unspecified atom stereocenters. The number of hydrogen-bond donors (Lipinski definition) is 1. The molecule has 1 saturated heterocycles. The summed E-state index contributed by atoms with van der Waals surface area (Å²) in [6.45, 7) is 3.81. The predicted molar refractivity (Wildman–Crippen MR) is 128 cm³/mol. The van der Waals surface area contributed by atoms with E-state index >= 15 is 0 Å². The number of hydrogen-bond acceptors (Lipinski definition) is 6. The minimum atomic E-state index is -3.76. The molecule has 180 valence electrons. The summed E-state index contributed by atoms with van der Waals surface area (Å²) in [5.74, 6) is 0.284. The van der Waals surface area contributed by atoms with Gasteiger partial charge in [-0.15, -0.1) is 0 Å². The second-order valence-corrected chi connectivity index (χ2v) is 9.81. The summed E-state index contributed by atoms with van der Waals surface area (Å²) < 4.78 is 39.8. The van der Waals surface area contributed by atoms with Gasteiger partial charge in [-0.05, 0) is 35.7 Å². The highest BCUT2D eigenvalue weighted by Crippen LogP contribution is 2.26. The van der Waals surface area contributed by atoms with Crippen molar-refractivity contribution in [1.29, 1.82) is 0 Å². The van der Waals surface area contributed by atoms with Crippen molar-refractivity contribution >= 4 is 21.7 Å². The van der Waals surface area contributed by atoms with Crippen molar-refractivity contribution < 1.29 is 22.7 Å². The van der Waals surface area contributed by atoms with Gasteiger partial charge in [-0.1, -0.05) is 31.2 Å². The predicted octanol–water partition coefficient (Wildman–Crippen LogP) is 2.78. The molecule has 0 spiro atoms. The molecule has 0 bridgehead atoms. The van der Waals surface area contributed by atoms with Crippen LogP contribution in [0.4, 0.5) is 5.82 Å². The maximum absolute atomic E-state index is 13.2. The van der Waals surface area contributed by atoms with Crippen molar-refractivity contribution in [2.75, 3.05) is 38.7 Å². The summed E-state index contributed by atoms with van der Waals surface area (Å²) in [6.07, 6.45) is 2.57. The molecule has 9 nitrogen and oxygen atoms in total. The molecular formula is C24H28N4O5S. The van der Waals surface area contributed by atoms with Crippen LogP contribution < -0.4 is 10.1 Å². The van der Waals surface area contributed by atoms with E-state index in [4.69, 9.17) is 9.47 Å². The number of methoxy groups -OCH3 is 1. The van der Waals surface area contributed by atoms with Crippen LogP contribution in [0.25, 0.3) is 0 Å². The van der Waals surface area contributed by atoms with Crippen LogP contribution in [0, 0.1) is 0 Å². The van der Waals surface area contributed by atoms with Gasteiger partial charge >= 0.3 is 0 Å². The number of amides is 1. The lowest BCUT2D eigenvalue weighted by Gasteiger charge is -2.26. The van der Waals surface area contributed by atoms with E-state index < -0.39 is 15.9 Å². The number of aryl methyl sites for hydroxylation is 1. The van der Waals surface area contributed by atoms with Gasteiger partial charge in [0, 0.05) is 19.2 Å². The smallest absolute Gasteiger partial charge is 0.260 e. The first-order chi connectivity index (χ1) is 16.4. The summed E-state index contributed by atoms with van der Waals surface area (Å²) in [6, 6.07) is 14.2. The minimum absolute atomic E-state index is 0.0323. The van der Waals surface area contributed by atoms with Crippen LogP contribution in [0.2, 0.25) is 0 Å². The average Bonchev–Trinajstić information content (AvgIpc) is 3.30. The van der Waals surface area contributed by atoms with Gasteiger partial charge in [-0.25, -0.2) is 13.1 Å². The molecule has 0 radical (unpaired) electrons. The van der Waals surface area contributed by atoms with E-state index in [0.29, 0.717) is 25.6 Å². The molecule has 1 N–H and O–H groups in total. The Balaban J connectivity index is 1.56. The normalized spacial score (nSPS) is 14.6. The highest BCUT2D eigenvalue weighted by molar-refractivity contribution is 7.89.